The average molecular weight is 362 g/mol. The molecule has 0 fully saturated rings. The summed E-state index contributed by atoms with van der Waals surface area (Å²) in [5, 5.41) is 8.51. The van der Waals surface area contributed by atoms with Crippen molar-refractivity contribution < 1.29 is 0 Å². The number of anilines is 1. The van der Waals surface area contributed by atoms with Crippen molar-refractivity contribution >= 4 is 45.4 Å². The third-order valence-electron chi connectivity index (χ3n) is 3.23. The molecule has 0 bridgehead atoms. The molecular weight excluding hydrogens is 349 g/mol. The Labute approximate surface area is 148 Å². The van der Waals surface area contributed by atoms with E-state index in [1.165, 1.54) is 11.3 Å². The number of halogens is 2. The van der Waals surface area contributed by atoms with Gasteiger partial charge >= 0.3 is 0 Å². The SMILES string of the molecule is C/C(=N/Nc1nc(-c2ccc(Cl)cc2)cs1)c1ccc(Cl)cc1. The maximum Gasteiger partial charge on any atom is 0.203 e. The number of hydrogen-bond donors (Lipinski definition) is 1. The van der Waals surface area contributed by atoms with Crippen LogP contribution >= 0.6 is 34.5 Å². The predicted molar refractivity (Wildman–Crippen MR) is 99.8 cm³/mol. The van der Waals surface area contributed by atoms with Crippen molar-refractivity contribution in [3.05, 3.63) is 69.5 Å². The van der Waals surface area contributed by atoms with Crippen molar-refractivity contribution in [2.45, 2.75) is 6.92 Å². The average Bonchev–Trinajstić information content (AvgIpc) is 3.03. The molecule has 1 heterocycles. The fourth-order valence-electron chi connectivity index (χ4n) is 1.97. The normalized spacial score (nSPS) is 11.5. The summed E-state index contributed by atoms with van der Waals surface area (Å²) in [6.07, 6.45) is 0. The summed E-state index contributed by atoms with van der Waals surface area (Å²) in [5.74, 6) is 0. The van der Waals surface area contributed by atoms with Crippen LogP contribution in [0.2, 0.25) is 10.0 Å². The van der Waals surface area contributed by atoms with E-state index in [1.807, 2.05) is 60.8 Å². The predicted octanol–water partition coefficient (Wildman–Crippen LogP) is 5.95. The first-order valence-corrected chi connectivity index (χ1v) is 8.53. The molecule has 0 spiro atoms. The molecule has 0 saturated carbocycles. The topological polar surface area (TPSA) is 37.3 Å². The molecule has 6 heteroatoms. The highest BCUT2D eigenvalue weighted by Gasteiger charge is 2.04. The molecule has 1 aromatic heterocycles. The first kappa shape index (κ1) is 16.0. The number of rotatable bonds is 4. The Morgan fingerprint density at radius 2 is 1.61 bits per heavy atom. The minimum absolute atomic E-state index is 0.710. The summed E-state index contributed by atoms with van der Waals surface area (Å²) >= 11 is 13.3. The molecule has 0 saturated heterocycles. The summed E-state index contributed by atoms with van der Waals surface area (Å²) in [7, 11) is 0. The van der Waals surface area contributed by atoms with Crippen LogP contribution < -0.4 is 5.43 Å². The highest BCUT2D eigenvalue weighted by atomic mass is 35.5. The molecule has 0 radical (unpaired) electrons. The maximum absolute atomic E-state index is 5.90. The Bertz CT molecular complexity index is 824. The van der Waals surface area contributed by atoms with E-state index in [-0.39, 0.29) is 0 Å². The molecule has 0 aliphatic heterocycles. The van der Waals surface area contributed by atoms with Crippen molar-refractivity contribution in [2.24, 2.45) is 5.10 Å². The zero-order valence-electron chi connectivity index (χ0n) is 12.3. The van der Waals surface area contributed by atoms with Gasteiger partial charge in [0.05, 0.1) is 11.4 Å². The van der Waals surface area contributed by atoms with Crippen molar-refractivity contribution in [1.82, 2.24) is 4.98 Å². The second-order valence-electron chi connectivity index (χ2n) is 4.86. The van der Waals surface area contributed by atoms with Crippen molar-refractivity contribution in [3.63, 3.8) is 0 Å². The van der Waals surface area contributed by atoms with Gasteiger partial charge in [0.1, 0.15) is 0 Å². The molecule has 0 amide bonds. The van der Waals surface area contributed by atoms with Gasteiger partial charge in [-0.2, -0.15) is 5.10 Å². The number of benzene rings is 2. The fourth-order valence-corrected chi connectivity index (χ4v) is 2.88. The van der Waals surface area contributed by atoms with Gasteiger partial charge in [0, 0.05) is 21.0 Å². The molecule has 116 valence electrons. The van der Waals surface area contributed by atoms with Gasteiger partial charge in [-0.1, -0.05) is 47.5 Å². The van der Waals surface area contributed by atoms with E-state index in [0.717, 1.165) is 27.7 Å². The lowest BCUT2D eigenvalue weighted by atomic mass is 10.1. The van der Waals surface area contributed by atoms with E-state index >= 15 is 0 Å². The molecule has 0 unspecified atom stereocenters. The van der Waals surface area contributed by atoms with Gasteiger partial charge in [-0.25, -0.2) is 4.98 Å². The Morgan fingerprint density at radius 3 is 2.26 bits per heavy atom. The lowest BCUT2D eigenvalue weighted by molar-refractivity contribution is 1.27. The Hall–Kier alpha value is -1.88. The van der Waals surface area contributed by atoms with Crippen LogP contribution in [0.5, 0.6) is 0 Å². The van der Waals surface area contributed by atoms with Gasteiger partial charge in [-0.3, -0.25) is 5.43 Å². The molecule has 3 nitrogen and oxygen atoms in total. The summed E-state index contributed by atoms with van der Waals surface area (Å²) in [5.41, 5.74) is 6.79. The summed E-state index contributed by atoms with van der Waals surface area (Å²) in [6.45, 7) is 1.93. The van der Waals surface area contributed by atoms with E-state index in [9.17, 15) is 0 Å². The van der Waals surface area contributed by atoms with Gasteiger partial charge in [-0.05, 0) is 36.8 Å². The van der Waals surface area contributed by atoms with Gasteiger partial charge in [0.25, 0.3) is 0 Å². The van der Waals surface area contributed by atoms with Crippen LogP contribution in [0.15, 0.2) is 59.0 Å². The standard InChI is InChI=1S/C17H13Cl2N3S/c1-11(12-2-6-14(18)7-3-12)21-22-17-20-16(10-23-17)13-4-8-15(19)9-5-13/h2-10H,1H3,(H,20,22)/b21-11-. The van der Waals surface area contributed by atoms with E-state index < -0.39 is 0 Å². The van der Waals surface area contributed by atoms with E-state index in [4.69, 9.17) is 23.2 Å². The third-order valence-corrected chi connectivity index (χ3v) is 4.48. The molecule has 0 atom stereocenters. The molecule has 2 aromatic carbocycles. The molecule has 3 rings (SSSR count). The molecular formula is C17H13Cl2N3S. The summed E-state index contributed by atoms with van der Waals surface area (Å²) < 4.78 is 0. The molecule has 3 aromatic rings. The minimum atomic E-state index is 0.710. The van der Waals surface area contributed by atoms with Crippen LogP contribution in [0.25, 0.3) is 11.3 Å². The first-order chi connectivity index (χ1) is 11.1. The monoisotopic (exact) mass is 361 g/mol. The summed E-state index contributed by atoms with van der Waals surface area (Å²) in [6, 6.07) is 15.2. The van der Waals surface area contributed by atoms with Crippen LogP contribution in [0, 0.1) is 0 Å². The maximum atomic E-state index is 5.90. The van der Waals surface area contributed by atoms with Crippen molar-refractivity contribution in [2.75, 3.05) is 5.43 Å². The molecule has 23 heavy (non-hydrogen) atoms. The second kappa shape index (κ2) is 7.13. The number of thiazole rings is 1. The lowest BCUT2D eigenvalue weighted by Crippen LogP contribution is -1.99. The second-order valence-corrected chi connectivity index (χ2v) is 6.59. The van der Waals surface area contributed by atoms with E-state index in [1.54, 1.807) is 0 Å². The number of nitrogens with zero attached hydrogens (tertiary/aromatic N) is 2. The third kappa shape index (κ3) is 4.10. The Balaban J connectivity index is 1.72. The van der Waals surface area contributed by atoms with Crippen LogP contribution in [0.4, 0.5) is 5.13 Å². The zero-order valence-corrected chi connectivity index (χ0v) is 14.6. The molecule has 0 aliphatic carbocycles. The minimum Gasteiger partial charge on any atom is -0.252 e. The molecule has 0 aliphatic rings. The highest BCUT2D eigenvalue weighted by Crippen LogP contribution is 2.26. The van der Waals surface area contributed by atoms with Crippen LogP contribution in [0.3, 0.4) is 0 Å². The van der Waals surface area contributed by atoms with E-state index in [0.29, 0.717) is 10.0 Å². The van der Waals surface area contributed by atoms with Crippen molar-refractivity contribution in [1.29, 1.82) is 0 Å². The van der Waals surface area contributed by atoms with Crippen LogP contribution in [-0.2, 0) is 0 Å². The zero-order chi connectivity index (χ0) is 16.2. The van der Waals surface area contributed by atoms with E-state index in [2.05, 4.69) is 15.5 Å². The Kier molecular flexibility index (Phi) is 4.96. The van der Waals surface area contributed by atoms with Crippen LogP contribution in [0.1, 0.15) is 12.5 Å². The molecule has 1 N–H and O–H groups in total. The van der Waals surface area contributed by atoms with Crippen molar-refractivity contribution in [3.8, 4) is 11.3 Å². The number of aromatic nitrogens is 1. The lowest BCUT2D eigenvalue weighted by Gasteiger charge is -2.01. The Morgan fingerprint density at radius 1 is 1.00 bits per heavy atom. The van der Waals surface area contributed by atoms with Gasteiger partial charge in [0.2, 0.25) is 5.13 Å². The number of hydrazone groups is 1. The van der Waals surface area contributed by atoms with Gasteiger partial charge < -0.3 is 0 Å². The van der Waals surface area contributed by atoms with Gasteiger partial charge in [-0.15, -0.1) is 11.3 Å². The largest absolute Gasteiger partial charge is 0.252 e. The quantitative estimate of drug-likeness (QED) is 0.460. The number of nitrogens with one attached hydrogen (secondary N) is 1. The fraction of sp³-hybridized carbons (Fsp3) is 0.0588. The number of hydrogen-bond acceptors (Lipinski definition) is 4. The summed E-state index contributed by atoms with van der Waals surface area (Å²) in [4.78, 5) is 4.53. The highest BCUT2D eigenvalue weighted by molar-refractivity contribution is 7.14. The smallest absolute Gasteiger partial charge is 0.203 e. The van der Waals surface area contributed by atoms with Gasteiger partial charge in [0.15, 0.2) is 0 Å². The first-order valence-electron chi connectivity index (χ1n) is 6.89. The van der Waals surface area contributed by atoms with Crippen LogP contribution in [-0.4, -0.2) is 10.7 Å².